The van der Waals surface area contributed by atoms with E-state index in [0.29, 0.717) is 30.1 Å². The van der Waals surface area contributed by atoms with Gasteiger partial charge >= 0.3 is 5.97 Å². The highest BCUT2D eigenvalue weighted by atomic mass is 32.2. The van der Waals surface area contributed by atoms with E-state index in [1.54, 1.807) is 18.0 Å². The molecule has 136 valence electrons. The number of carbonyl (C=O) groups is 1. The van der Waals surface area contributed by atoms with Crippen molar-refractivity contribution in [1.82, 2.24) is 9.21 Å². The van der Waals surface area contributed by atoms with Crippen molar-refractivity contribution in [3.8, 4) is 0 Å². The normalized spacial score (nSPS) is 18.2. The van der Waals surface area contributed by atoms with E-state index in [1.165, 1.54) is 15.6 Å². The van der Waals surface area contributed by atoms with Gasteiger partial charge in [-0.25, -0.2) is 8.42 Å². The standard InChI is InChI=1S/C16H26N2O4S2/c1-16(2,3)13-5-6-15(23-13)24(21,22)18-9-7-12(8-10-18)17(4)11-14(19)20/h5-6,12H,7-11H2,1-4H3,(H,19,20). The molecule has 6 nitrogen and oxygen atoms in total. The monoisotopic (exact) mass is 374 g/mol. The fraction of sp³-hybridized carbons (Fsp3) is 0.688. The molecular weight excluding hydrogens is 348 g/mol. The fourth-order valence-corrected chi connectivity index (χ4v) is 5.84. The topological polar surface area (TPSA) is 77.9 Å². The number of aliphatic carboxylic acids is 1. The van der Waals surface area contributed by atoms with Crippen LogP contribution in [0.4, 0.5) is 0 Å². The third-order valence-electron chi connectivity index (χ3n) is 4.35. The number of thiophene rings is 1. The molecule has 8 heteroatoms. The highest BCUT2D eigenvalue weighted by Crippen LogP contribution is 2.33. The lowest BCUT2D eigenvalue weighted by Gasteiger charge is -2.35. The number of carboxylic acid groups (broad SMARTS) is 1. The van der Waals surface area contributed by atoms with Gasteiger partial charge in [-0.3, -0.25) is 9.69 Å². The van der Waals surface area contributed by atoms with Crippen molar-refractivity contribution in [3.63, 3.8) is 0 Å². The van der Waals surface area contributed by atoms with Crippen LogP contribution in [0.25, 0.3) is 0 Å². The molecule has 0 atom stereocenters. The fourth-order valence-electron chi connectivity index (χ4n) is 2.85. The molecule has 1 aromatic rings. The van der Waals surface area contributed by atoms with E-state index < -0.39 is 16.0 Å². The van der Waals surface area contributed by atoms with Crippen LogP contribution in [0, 0.1) is 0 Å². The van der Waals surface area contributed by atoms with Crippen LogP contribution in [0.2, 0.25) is 0 Å². The lowest BCUT2D eigenvalue weighted by molar-refractivity contribution is -0.138. The Kier molecular flexibility index (Phi) is 5.74. The predicted molar refractivity (Wildman–Crippen MR) is 95.1 cm³/mol. The maximum absolute atomic E-state index is 12.8. The number of rotatable bonds is 5. The largest absolute Gasteiger partial charge is 0.480 e. The van der Waals surface area contributed by atoms with Crippen LogP contribution in [0.3, 0.4) is 0 Å². The summed E-state index contributed by atoms with van der Waals surface area (Å²) in [6.45, 7) is 7.05. The minimum absolute atomic E-state index is 0.0166. The quantitative estimate of drug-likeness (QED) is 0.855. The third kappa shape index (κ3) is 4.36. The molecule has 1 aliphatic rings. The molecule has 0 aromatic carbocycles. The van der Waals surface area contributed by atoms with Crippen LogP contribution in [-0.4, -0.2) is 61.4 Å². The molecule has 0 unspecified atom stereocenters. The van der Waals surface area contributed by atoms with Gasteiger partial charge in [-0.2, -0.15) is 4.31 Å². The van der Waals surface area contributed by atoms with Crippen molar-refractivity contribution in [3.05, 3.63) is 17.0 Å². The van der Waals surface area contributed by atoms with Crippen LogP contribution in [0.1, 0.15) is 38.5 Å². The van der Waals surface area contributed by atoms with Crippen molar-refractivity contribution < 1.29 is 18.3 Å². The van der Waals surface area contributed by atoms with Gasteiger partial charge in [0.2, 0.25) is 0 Å². The molecule has 0 saturated carbocycles. The summed E-state index contributed by atoms with van der Waals surface area (Å²) >= 11 is 1.34. The van der Waals surface area contributed by atoms with Gasteiger partial charge in [0.05, 0.1) is 6.54 Å². The number of likely N-dealkylation sites (N-methyl/N-ethyl adjacent to an activating group) is 1. The van der Waals surface area contributed by atoms with E-state index in [0.717, 1.165) is 4.88 Å². The number of hydrogen-bond acceptors (Lipinski definition) is 5. The van der Waals surface area contributed by atoms with Gasteiger partial charge in [-0.1, -0.05) is 20.8 Å². The first-order chi connectivity index (χ1) is 11.0. The van der Waals surface area contributed by atoms with Crippen LogP contribution in [0.15, 0.2) is 16.3 Å². The molecule has 1 aliphatic heterocycles. The van der Waals surface area contributed by atoms with E-state index in [9.17, 15) is 13.2 Å². The van der Waals surface area contributed by atoms with E-state index >= 15 is 0 Å². The molecule has 1 N–H and O–H groups in total. The van der Waals surface area contributed by atoms with Crippen LogP contribution >= 0.6 is 11.3 Å². The number of piperidine rings is 1. The average Bonchev–Trinajstić information content (AvgIpc) is 2.97. The Morgan fingerprint density at radius 2 is 1.92 bits per heavy atom. The van der Waals surface area contributed by atoms with Gasteiger partial charge < -0.3 is 5.11 Å². The predicted octanol–water partition coefficient (Wildman–Crippen LogP) is 2.22. The Balaban J connectivity index is 2.05. The minimum Gasteiger partial charge on any atom is -0.480 e. The Hall–Kier alpha value is -0.960. The van der Waals surface area contributed by atoms with Crippen molar-refractivity contribution in [1.29, 1.82) is 0 Å². The number of hydrogen-bond donors (Lipinski definition) is 1. The summed E-state index contributed by atoms with van der Waals surface area (Å²) < 4.78 is 27.5. The summed E-state index contributed by atoms with van der Waals surface area (Å²) in [5.41, 5.74) is -0.0645. The zero-order valence-corrected chi connectivity index (χ0v) is 16.3. The second-order valence-electron chi connectivity index (χ2n) is 7.31. The van der Waals surface area contributed by atoms with Gasteiger partial charge in [-0.15, -0.1) is 11.3 Å². The molecule has 0 spiro atoms. The third-order valence-corrected chi connectivity index (χ3v) is 8.22. The smallest absolute Gasteiger partial charge is 0.317 e. The van der Waals surface area contributed by atoms with Crippen LogP contribution in [-0.2, 0) is 20.2 Å². The van der Waals surface area contributed by atoms with Gasteiger partial charge in [0.1, 0.15) is 4.21 Å². The molecule has 1 fully saturated rings. The second-order valence-corrected chi connectivity index (χ2v) is 10.6. The maximum Gasteiger partial charge on any atom is 0.317 e. The summed E-state index contributed by atoms with van der Waals surface area (Å²) in [4.78, 5) is 13.6. The first-order valence-corrected chi connectivity index (χ1v) is 10.3. The molecule has 0 amide bonds. The zero-order valence-electron chi connectivity index (χ0n) is 14.7. The number of carboxylic acids is 1. The Labute approximate surface area is 148 Å². The highest BCUT2D eigenvalue weighted by Gasteiger charge is 2.32. The first kappa shape index (κ1) is 19.4. The summed E-state index contributed by atoms with van der Waals surface area (Å²) in [6, 6.07) is 3.70. The van der Waals surface area contributed by atoms with Crippen molar-refractivity contribution in [2.24, 2.45) is 0 Å². The Bertz CT molecular complexity index is 683. The number of nitrogens with zero attached hydrogens (tertiary/aromatic N) is 2. The average molecular weight is 375 g/mol. The summed E-state index contributed by atoms with van der Waals surface area (Å²) in [7, 11) is -1.68. The summed E-state index contributed by atoms with van der Waals surface area (Å²) in [6.07, 6.45) is 1.31. The van der Waals surface area contributed by atoms with Gasteiger partial charge in [-0.05, 0) is 37.4 Å². The van der Waals surface area contributed by atoms with Gasteiger partial charge in [0.15, 0.2) is 0 Å². The Morgan fingerprint density at radius 1 is 1.33 bits per heavy atom. The molecule has 0 bridgehead atoms. The van der Waals surface area contributed by atoms with E-state index in [4.69, 9.17) is 5.11 Å². The molecule has 0 radical (unpaired) electrons. The second kappa shape index (κ2) is 7.11. The Morgan fingerprint density at radius 3 is 2.38 bits per heavy atom. The van der Waals surface area contributed by atoms with Crippen LogP contribution in [0.5, 0.6) is 0 Å². The molecule has 1 saturated heterocycles. The summed E-state index contributed by atoms with van der Waals surface area (Å²) in [5, 5.41) is 8.87. The molecular formula is C16H26N2O4S2. The lowest BCUT2D eigenvalue weighted by Crippen LogP contribution is -2.46. The van der Waals surface area contributed by atoms with Crippen molar-refractivity contribution in [2.45, 2.75) is 49.3 Å². The highest BCUT2D eigenvalue weighted by molar-refractivity contribution is 7.91. The lowest BCUT2D eigenvalue weighted by atomic mass is 9.95. The van der Waals surface area contributed by atoms with E-state index in [2.05, 4.69) is 20.8 Å². The molecule has 24 heavy (non-hydrogen) atoms. The van der Waals surface area contributed by atoms with Crippen molar-refractivity contribution in [2.75, 3.05) is 26.7 Å². The molecule has 2 heterocycles. The van der Waals surface area contributed by atoms with Gasteiger partial charge in [0.25, 0.3) is 10.0 Å². The number of sulfonamides is 1. The van der Waals surface area contributed by atoms with Crippen LogP contribution < -0.4 is 0 Å². The maximum atomic E-state index is 12.8. The van der Waals surface area contributed by atoms with E-state index in [-0.39, 0.29) is 18.0 Å². The molecule has 2 rings (SSSR count). The SMILES string of the molecule is CN(CC(=O)O)C1CCN(S(=O)(=O)c2ccc(C(C)(C)C)s2)CC1. The molecule has 1 aromatic heterocycles. The van der Waals surface area contributed by atoms with E-state index in [1.807, 2.05) is 6.07 Å². The zero-order chi connectivity index (χ0) is 18.1. The molecule has 0 aliphatic carbocycles. The first-order valence-electron chi connectivity index (χ1n) is 8.04. The summed E-state index contributed by atoms with van der Waals surface area (Å²) in [5.74, 6) is -0.860. The van der Waals surface area contributed by atoms with Gasteiger partial charge in [0, 0.05) is 24.0 Å². The minimum atomic E-state index is -3.46. The van der Waals surface area contributed by atoms with Crippen molar-refractivity contribution >= 4 is 27.3 Å².